The maximum Gasteiger partial charge on any atom is 0.305 e. The molecule has 0 aromatic rings. The Labute approximate surface area is 249 Å². The van der Waals surface area contributed by atoms with E-state index in [0.29, 0.717) is 119 Å². The van der Waals surface area contributed by atoms with Crippen molar-refractivity contribution < 1.29 is 52.2 Å². The van der Waals surface area contributed by atoms with Crippen LogP contribution in [0.2, 0.25) is 0 Å². The van der Waals surface area contributed by atoms with E-state index in [-0.39, 0.29) is 12.6 Å². The Morgan fingerprint density at radius 2 is 0.634 bits per heavy atom. The van der Waals surface area contributed by atoms with E-state index in [0.717, 1.165) is 19.4 Å². The highest BCUT2D eigenvalue weighted by Gasteiger charge is 2.00. The molecule has 0 heterocycles. The molecule has 0 atom stereocenters. The van der Waals surface area contributed by atoms with E-state index in [9.17, 15) is 4.79 Å². The fraction of sp³-hybridized carbons (Fsp3) is 0.967. The first-order chi connectivity index (χ1) is 20.3. The minimum atomic E-state index is -0.184. The molecule has 41 heavy (non-hydrogen) atoms. The first-order valence-electron chi connectivity index (χ1n) is 15.7. The summed E-state index contributed by atoms with van der Waals surface area (Å²) >= 11 is 0. The lowest BCUT2D eigenvalue weighted by Crippen LogP contribution is -2.15. The molecule has 0 aliphatic carbocycles. The van der Waals surface area contributed by atoms with Crippen molar-refractivity contribution in [3.63, 3.8) is 0 Å². The number of hydrogen-bond acceptors (Lipinski definition) is 11. The van der Waals surface area contributed by atoms with Crippen molar-refractivity contribution in [3.8, 4) is 0 Å². The first kappa shape index (κ1) is 40.1. The van der Waals surface area contributed by atoms with Crippen LogP contribution in [0.25, 0.3) is 0 Å². The van der Waals surface area contributed by atoms with Crippen molar-refractivity contribution in [2.75, 3.05) is 126 Å². The van der Waals surface area contributed by atoms with Crippen LogP contribution >= 0.6 is 0 Å². The number of ether oxygens (including phenoxy) is 10. The molecule has 0 fully saturated rings. The van der Waals surface area contributed by atoms with Crippen molar-refractivity contribution in [2.45, 2.75) is 65.2 Å². The SMILES string of the molecule is CCCCCCCCOCCOCCOCCOCCOCCOCCOCCOCCOCCOC(=O)CCC. The van der Waals surface area contributed by atoms with Gasteiger partial charge in [-0.25, -0.2) is 0 Å². The van der Waals surface area contributed by atoms with Crippen LogP contribution < -0.4 is 0 Å². The summed E-state index contributed by atoms with van der Waals surface area (Å²) < 4.78 is 54.1. The Kier molecular flexibility index (Phi) is 36.3. The highest BCUT2D eigenvalue weighted by atomic mass is 16.6. The second kappa shape index (κ2) is 37.1. The van der Waals surface area contributed by atoms with Gasteiger partial charge in [-0.2, -0.15) is 0 Å². The molecule has 0 saturated heterocycles. The van der Waals surface area contributed by atoms with Crippen LogP contribution in [-0.4, -0.2) is 132 Å². The van der Waals surface area contributed by atoms with Gasteiger partial charge in [0.25, 0.3) is 0 Å². The van der Waals surface area contributed by atoms with Crippen molar-refractivity contribution in [3.05, 3.63) is 0 Å². The normalized spacial score (nSPS) is 11.4. The monoisotopic (exact) mass is 596 g/mol. The number of carbonyl (C=O) groups is 1. The lowest BCUT2D eigenvalue weighted by atomic mass is 10.1. The quantitative estimate of drug-likeness (QED) is 0.0777. The predicted octanol–water partition coefficient (Wildman–Crippen LogP) is 3.84. The predicted molar refractivity (Wildman–Crippen MR) is 157 cm³/mol. The number of carbonyl (C=O) groups excluding carboxylic acids is 1. The van der Waals surface area contributed by atoms with E-state index in [4.69, 9.17) is 47.4 Å². The zero-order chi connectivity index (χ0) is 29.7. The zero-order valence-electron chi connectivity index (χ0n) is 26.1. The molecule has 0 rings (SSSR count). The van der Waals surface area contributed by atoms with Crippen LogP contribution in [0.4, 0.5) is 0 Å². The third kappa shape index (κ3) is 37.1. The van der Waals surface area contributed by atoms with Gasteiger partial charge in [0.05, 0.1) is 112 Å². The average molecular weight is 597 g/mol. The fourth-order valence-electron chi connectivity index (χ4n) is 3.34. The zero-order valence-corrected chi connectivity index (χ0v) is 26.1. The molecule has 0 bridgehead atoms. The largest absolute Gasteiger partial charge is 0.463 e. The fourth-order valence-corrected chi connectivity index (χ4v) is 3.34. The van der Waals surface area contributed by atoms with Gasteiger partial charge in [0.15, 0.2) is 0 Å². The molecule has 0 aliphatic rings. The van der Waals surface area contributed by atoms with Crippen molar-refractivity contribution in [2.24, 2.45) is 0 Å². The molecule has 0 radical (unpaired) electrons. The van der Waals surface area contributed by atoms with Crippen molar-refractivity contribution in [1.82, 2.24) is 0 Å². The molecule has 0 aromatic carbocycles. The van der Waals surface area contributed by atoms with Crippen molar-refractivity contribution >= 4 is 5.97 Å². The molecule has 0 unspecified atom stereocenters. The highest BCUT2D eigenvalue weighted by Crippen LogP contribution is 2.04. The molecule has 0 spiro atoms. The number of hydrogen-bond donors (Lipinski definition) is 0. The van der Waals surface area contributed by atoms with E-state index in [2.05, 4.69) is 6.92 Å². The maximum absolute atomic E-state index is 11.2. The van der Waals surface area contributed by atoms with Gasteiger partial charge < -0.3 is 47.4 Å². The summed E-state index contributed by atoms with van der Waals surface area (Å²) in [5.74, 6) is -0.184. The van der Waals surface area contributed by atoms with Crippen LogP contribution in [0.15, 0.2) is 0 Å². The van der Waals surface area contributed by atoms with Crippen LogP contribution in [-0.2, 0) is 52.2 Å². The van der Waals surface area contributed by atoms with Gasteiger partial charge in [-0.3, -0.25) is 4.79 Å². The van der Waals surface area contributed by atoms with Gasteiger partial charge >= 0.3 is 5.97 Å². The maximum atomic E-state index is 11.2. The summed E-state index contributed by atoms with van der Waals surface area (Å²) in [6.07, 6.45) is 8.91. The lowest BCUT2D eigenvalue weighted by Gasteiger charge is -2.09. The van der Waals surface area contributed by atoms with E-state index in [1.807, 2.05) is 6.92 Å². The Hall–Kier alpha value is -0.890. The molecule has 246 valence electrons. The van der Waals surface area contributed by atoms with E-state index in [1.54, 1.807) is 0 Å². The Morgan fingerprint density at radius 1 is 0.341 bits per heavy atom. The van der Waals surface area contributed by atoms with Crippen LogP contribution in [0.1, 0.15) is 65.2 Å². The van der Waals surface area contributed by atoms with Gasteiger partial charge in [0, 0.05) is 13.0 Å². The van der Waals surface area contributed by atoms with Gasteiger partial charge in [0.1, 0.15) is 6.61 Å². The molecule has 0 N–H and O–H groups in total. The van der Waals surface area contributed by atoms with Gasteiger partial charge in [-0.15, -0.1) is 0 Å². The van der Waals surface area contributed by atoms with Gasteiger partial charge in [0.2, 0.25) is 0 Å². The summed E-state index contributed by atoms with van der Waals surface area (Å²) in [6.45, 7) is 14.1. The number of esters is 1. The van der Waals surface area contributed by atoms with Gasteiger partial charge in [-0.05, 0) is 12.8 Å². The molecule has 0 saturated carbocycles. The van der Waals surface area contributed by atoms with Crippen LogP contribution in [0, 0.1) is 0 Å². The Bertz CT molecular complexity index is 497. The third-order valence-electron chi connectivity index (χ3n) is 5.56. The second-order valence-electron chi connectivity index (χ2n) is 9.25. The third-order valence-corrected chi connectivity index (χ3v) is 5.56. The first-order valence-corrected chi connectivity index (χ1v) is 15.7. The summed E-state index contributed by atoms with van der Waals surface area (Å²) in [5.41, 5.74) is 0. The molecule has 0 amide bonds. The summed E-state index contributed by atoms with van der Waals surface area (Å²) in [6, 6.07) is 0. The Morgan fingerprint density at radius 3 is 0.976 bits per heavy atom. The standard InChI is InChI=1S/C30H60O11/c1-3-5-6-7-8-9-11-32-12-13-33-14-15-34-16-17-35-18-19-36-20-21-37-22-23-38-24-25-39-26-27-40-28-29-41-30(31)10-4-2/h3-29H2,1-2H3. The number of rotatable bonds is 36. The topological polar surface area (TPSA) is 109 Å². The smallest absolute Gasteiger partial charge is 0.305 e. The van der Waals surface area contributed by atoms with E-state index in [1.165, 1.54) is 32.1 Å². The molecule has 0 aliphatic heterocycles. The second-order valence-corrected chi connectivity index (χ2v) is 9.25. The van der Waals surface area contributed by atoms with Gasteiger partial charge in [-0.1, -0.05) is 46.0 Å². The average Bonchev–Trinajstić information content (AvgIpc) is 2.97. The molecule has 11 heteroatoms. The number of unbranched alkanes of at least 4 members (excludes halogenated alkanes) is 5. The van der Waals surface area contributed by atoms with E-state index < -0.39 is 0 Å². The summed E-state index contributed by atoms with van der Waals surface area (Å²) in [7, 11) is 0. The Balaban J connectivity index is 3.05. The van der Waals surface area contributed by atoms with Crippen LogP contribution in [0.3, 0.4) is 0 Å². The molecular formula is C30H60O11. The van der Waals surface area contributed by atoms with E-state index >= 15 is 0 Å². The lowest BCUT2D eigenvalue weighted by molar-refractivity contribution is -0.145. The molecule has 0 aromatic heterocycles. The highest BCUT2D eigenvalue weighted by molar-refractivity contribution is 5.69. The summed E-state index contributed by atoms with van der Waals surface area (Å²) in [5, 5.41) is 0. The summed E-state index contributed by atoms with van der Waals surface area (Å²) in [4.78, 5) is 11.2. The minimum absolute atomic E-state index is 0.184. The molecular weight excluding hydrogens is 536 g/mol. The van der Waals surface area contributed by atoms with Crippen LogP contribution in [0.5, 0.6) is 0 Å². The molecule has 11 nitrogen and oxygen atoms in total. The van der Waals surface area contributed by atoms with Crippen molar-refractivity contribution in [1.29, 1.82) is 0 Å². The minimum Gasteiger partial charge on any atom is -0.463 e.